The molecule has 0 radical (unpaired) electrons. The van der Waals surface area contributed by atoms with Gasteiger partial charge in [0.05, 0.1) is 0 Å². The Morgan fingerprint density at radius 3 is 2.68 bits per heavy atom. The molecule has 2 heterocycles. The van der Waals surface area contributed by atoms with Crippen molar-refractivity contribution < 1.29 is 18.8 Å². The molecule has 4 rings (SSSR count). The molecular weight excluding hydrogens is 358 g/mol. The summed E-state index contributed by atoms with van der Waals surface area (Å²) in [4.78, 5) is 15.0. The van der Waals surface area contributed by atoms with Gasteiger partial charge in [-0.05, 0) is 37.2 Å². The van der Waals surface area contributed by atoms with Crippen molar-refractivity contribution in [2.75, 3.05) is 19.2 Å². The molecule has 0 saturated heterocycles. The summed E-state index contributed by atoms with van der Waals surface area (Å²) in [7, 11) is 1.91. The molecule has 7 heteroatoms. The average molecular weight is 379 g/mol. The molecule has 0 fully saturated rings. The third kappa shape index (κ3) is 3.84. The molecule has 0 saturated carbocycles. The van der Waals surface area contributed by atoms with Crippen LogP contribution < -0.4 is 14.8 Å². The molecule has 1 aliphatic heterocycles. The molecule has 1 unspecified atom stereocenters. The lowest BCUT2D eigenvalue weighted by molar-refractivity contribution is -0.121. The number of nitrogens with one attached hydrogen (secondary N) is 1. The number of rotatable bonds is 6. The van der Waals surface area contributed by atoms with Crippen LogP contribution in [0.1, 0.15) is 22.9 Å². The topological polar surface area (TPSA) is 76.8 Å². The summed E-state index contributed by atoms with van der Waals surface area (Å²) >= 11 is 0. The Hall–Kier alpha value is -3.32. The fourth-order valence-corrected chi connectivity index (χ4v) is 3.28. The number of anilines is 1. The molecule has 0 aliphatic carbocycles. The third-order valence-electron chi connectivity index (χ3n) is 4.55. The van der Waals surface area contributed by atoms with Crippen LogP contribution in [-0.4, -0.2) is 29.8 Å². The fraction of sp³-hybridized carbons (Fsp3) is 0.238. The average Bonchev–Trinajstić information content (AvgIpc) is 3.31. The Balaban J connectivity index is 1.56. The van der Waals surface area contributed by atoms with Crippen LogP contribution in [0.4, 0.5) is 5.82 Å². The minimum atomic E-state index is -0.497. The standard InChI is InChI=1S/C21H21N3O4/c1-14-10-19(23-28-14)22-21(25)20(16-6-4-3-5-7-16)24(2)12-15-8-9-17-18(11-15)27-13-26-17/h3-11,20H,12-13H2,1-2H3,(H,22,23,25). The van der Waals surface area contributed by atoms with Gasteiger partial charge in [-0.25, -0.2) is 0 Å². The first-order valence-corrected chi connectivity index (χ1v) is 8.98. The molecule has 0 bridgehead atoms. The number of aryl methyl sites for hydroxylation is 1. The van der Waals surface area contributed by atoms with Crippen molar-refractivity contribution in [3.63, 3.8) is 0 Å². The Morgan fingerprint density at radius 2 is 1.93 bits per heavy atom. The molecule has 1 aromatic heterocycles. The number of nitrogens with zero attached hydrogens (tertiary/aromatic N) is 2. The van der Waals surface area contributed by atoms with E-state index in [0.717, 1.165) is 22.6 Å². The van der Waals surface area contributed by atoms with E-state index >= 15 is 0 Å². The van der Waals surface area contributed by atoms with Crippen molar-refractivity contribution in [2.24, 2.45) is 0 Å². The fourth-order valence-electron chi connectivity index (χ4n) is 3.28. The largest absolute Gasteiger partial charge is 0.454 e. The first kappa shape index (κ1) is 18.1. The van der Waals surface area contributed by atoms with E-state index in [4.69, 9.17) is 14.0 Å². The zero-order chi connectivity index (χ0) is 19.5. The first-order chi connectivity index (χ1) is 13.6. The number of benzene rings is 2. The van der Waals surface area contributed by atoms with Gasteiger partial charge in [0.1, 0.15) is 11.8 Å². The number of hydrogen-bond acceptors (Lipinski definition) is 6. The second kappa shape index (κ2) is 7.74. The maximum Gasteiger partial charge on any atom is 0.247 e. The number of likely N-dealkylation sites (N-methyl/N-ethyl adjacent to an activating group) is 1. The second-order valence-corrected chi connectivity index (χ2v) is 6.73. The highest BCUT2D eigenvalue weighted by Gasteiger charge is 2.26. The van der Waals surface area contributed by atoms with Gasteiger partial charge in [-0.15, -0.1) is 0 Å². The smallest absolute Gasteiger partial charge is 0.247 e. The highest BCUT2D eigenvalue weighted by molar-refractivity contribution is 5.94. The van der Waals surface area contributed by atoms with Crippen molar-refractivity contribution in [3.8, 4) is 11.5 Å². The van der Waals surface area contributed by atoms with Gasteiger partial charge < -0.3 is 19.3 Å². The van der Waals surface area contributed by atoms with E-state index in [1.165, 1.54) is 0 Å². The summed E-state index contributed by atoms with van der Waals surface area (Å²) in [5.41, 5.74) is 1.92. The minimum Gasteiger partial charge on any atom is -0.454 e. The van der Waals surface area contributed by atoms with E-state index in [-0.39, 0.29) is 12.7 Å². The van der Waals surface area contributed by atoms with Gasteiger partial charge in [-0.1, -0.05) is 41.6 Å². The molecular formula is C21H21N3O4. The predicted molar refractivity (Wildman–Crippen MR) is 103 cm³/mol. The van der Waals surface area contributed by atoms with E-state index in [1.54, 1.807) is 13.0 Å². The lowest BCUT2D eigenvalue weighted by atomic mass is 10.0. The molecule has 1 N–H and O–H groups in total. The van der Waals surface area contributed by atoms with Crippen LogP contribution in [0.3, 0.4) is 0 Å². The highest BCUT2D eigenvalue weighted by Crippen LogP contribution is 2.33. The Labute approximate surface area is 162 Å². The van der Waals surface area contributed by atoms with Gasteiger partial charge in [0.2, 0.25) is 12.7 Å². The third-order valence-corrected chi connectivity index (χ3v) is 4.55. The highest BCUT2D eigenvalue weighted by atomic mass is 16.7. The number of hydrogen-bond donors (Lipinski definition) is 1. The molecule has 2 aromatic carbocycles. The SMILES string of the molecule is Cc1cc(NC(=O)C(c2ccccc2)N(C)Cc2ccc3c(c2)OCO3)no1. The van der Waals surface area contributed by atoms with E-state index in [9.17, 15) is 4.79 Å². The van der Waals surface area contributed by atoms with E-state index in [0.29, 0.717) is 18.1 Å². The number of carbonyl (C=O) groups excluding carboxylic acids is 1. The summed E-state index contributed by atoms with van der Waals surface area (Å²) < 4.78 is 15.9. The van der Waals surface area contributed by atoms with Gasteiger partial charge >= 0.3 is 0 Å². The summed E-state index contributed by atoms with van der Waals surface area (Å²) in [6.45, 7) is 2.57. The molecule has 0 spiro atoms. The van der Waals surface area contributed by atoms with Gasteiger partial charge in [0.25, 0.3) is 0 Å². The summed E-state index contributed by atoms with van der Waals surface area (Å²) in [6.07, 6.45) is 0. The van der Waals surface area contributed by atoms with Crippen molar-refractivity contribution in [3.05, 3.63) is 71.5 Å². The van der Waals surface area contributed by atoms with Gasteiger partial charge in [0, 0.05) is 12.6 Å². The van der Waals surface area contributed by atoms with Crippen LogP contribution in [-0.2, 0) is 11.3 Å². The number of amides is 1. The molecule has 7 nitrogen and oxygen atoms in total. The van der Waals surface area contributed by atoms with Gasteiger partial charge in [-0.2, -0.15) is 0 Å². The minimum absolute atomic E-state index is 0.178. The Morgan fingerprint density at radius 1 is 1.14 bits per heavy atom. The number of aromatic nitrogens is 1. The number of carbonyl (C=O) groups is 1. The normalized spacial score (nSPS) is 13.5. The van der Waals surface area contributed by atoms with Crippen LogP contribution in [0.25, 0.3) is 0 Å². The molecule has 1 atom stereocenters. The van der Waals surface area contributed by atoms with Crippen molar-refractivity contribution in [1.82, 2.24) is 10.1 Å². The molecule has 1 amide bonds. The molecule has 3 aromatic rings. The van der Waals surface area contributed by atoms with E-state index in [2.05, 4.69) is 10.5 Å². The van der Waals surface area contributed by atoms with Crippen LogP contribution in [0.15, 0.2) is 59.1 Å². The van der Waals surface area contributed by atoms with Crippen molar-refractivity contribution in [2.45, 2.75) is 19.5 Å². The lowest BCUT2D eigenvalue weighted by Crippen LogP contribution is -2.34. The van der Waals surface area contributed by atoms with E-state index < -0.39 is 6.04 Å². The van der Waals surface area contributed by atoms with Crippen LogP contribution in [0.5, 0.6) is 11.5 Å². The van der Waals surface area contributed by atoms with Gasteiger partial charge in [-0.3, -0.25) is 9.69 Å². The maximum atomic E-state index is 13.1. The predicted octanol–water partition coefficient (Wildman–Crippen LogP) is 3.52. The number of fused-ring (bicyclic) bond motifs is 1. The molecule has 28 heavy (non-hydrogen) atoms. The van der Waals surface area contributed by atoms with E-state index in [1.807, 2.05) is 60.5 Å². The van der Waals surface area contributed by atoms with Crippen LogP contribution >= 0.6 is 0 Å². The van der Waals surface area contributed by atoms with Crippen LogP contribution in [0.2, 0.25) is 0 Å². The summed E-state index contributed by atoms with van der Waals surface area (Å²) in [5, 5.41) is 6.70. The maximum absolute atomic E-state index is 13.1. The first-order valence-electron chi connectivity index (χ1n) is 8.98. The zero-order valence-corrected chi connectivity index (χ0v) is 15.7. The Kier molecular flexibility index (Phi) is 4.99. The monoisotopic (exact) mass is 379 g/mol. The second-order valence-electron chi connectivity index (χ2n) is 6.73. The summed E-state index contributed by atoms with van der Waals surface area (Å²) in [6, 6.07) is 16.7. The lowest BCUT2D eigenvalue weighted by Gasteiger charge is -2.27. The quantitative estimate of drug-likeness (QED) is 0.706. The van der Waals surface area contributed by atoms with Gasteiger partial charge in [0.15, 0.2) is 17.3 Å². The van der Waals surface area contributed by atoms with Crippen molar-refractivity contribution in [1.29, 1.82) is 0 Å². The molecule has 144 valence electrons. The van der Waals surface area contributed by atoms with Crippen molar-refractivity contribution >= 4 is 11.7 Å². The Bertz CT molecular complexity index is 971. The molecule has 1 aliphatic rings. The number of ether oxygens (including phenoxy) is 2. The van der Waals surface area contributed by atoms with Crippen LogP contribution in [0, 0.1) is 6.92 Å². The summed E-state index contributed by atoms with van der Waals surface area (Å²) in [5.74, 6) is 2.33. The zero-order valence-electron chi connectivity index (χ0n) is 15.7.